The third-order valence-electron chi connectivity index (χ3n) is 2.05. The fraction of sp³-hybridized carbons (Fsp3) is 0.333. The molecule has 0 aromatic carbocycles. The van der Waals surface area contributed by atoms with Gasteiger partial charge < -0.3 is 4.90 Å². The summed E-state index contributed by atoms with van der Waals surface area (Å²) >= 11 is 3.40. The summed E-state index contributed by atoms with van der Waals surface area (Å²) in [7, 11) is 2.02. The van der Waals surface area contributed by atoms with Gasteiger partial charge in [-0.2, -0.15) is 5.10 Å². The van der Waals surface area contributed by atoms with Crippen molar-refractivity contribution in [3.05, 3.63) is 24.5 Å². The van der Waals surface area contributed by atoms with Crippen LogP contribution in [0.2, 0.25) is 0 Å². The smallest absolute Gasteiger partial charge is 0.157 e. The first-order valence-corrected chi connectivity index (χ1v) is 5.51. The maximum Gasteiger partial charge on any atom is 0.157 e. The van der Waals surface area contributed by atoms with E-state index >= 15 is 0 Å². The Morgan fingerprint density at radius 3 is 3.14 bits per heavy atom. The van der Waals surface area contributed by atoms with Gasteiger partial charge in [0.2, 0.25) is 0 Å². The Morgan fingerprint density at radius 2 is 2.36 bits per heavy atom. The van der Waals surface area contributed by atoms with Crippen LogP contribution in [0.25, 0.3) is 5.65 Å². The van der Waals surface area contributed by atoms with Crippen LogP contribution in [0, 0.1) is 0 Å². The fourth-order valence-corrected chi connectivity index (χ4v) is 1.79. The molecular formula is C9H11BrN4. The first kappa shape index (κ1) is 9.45. The summed E-state index contributed by atoms with van der Waals surface area (Å²) in [6.07, 6.45) is 3.67. The number of hydrogen-bond donors (Lipinski definition) is 0. The van der Waals surface area contributed by atoms with Crippen molar-refractivity contribution in [2.45, 2.75) is 0 Å². The van der Waals surface area contributed by atoms with E-state index in [0.29, 0.717) is 0 Å². The summed E-state index contributed by atoms with van der Waals surface area (Å²) in [4.78, 5) is 6.56. The Kier molecular flexibility index (Phi) is 2.67. The van der Waals surface area contributed by atoms with Crippen LogP contribution in [-0.2, 0) is 0 Å². The summed E-state index contributed by atoms with van der Waals surface area (Å²) in [5.74, 6) is 0.970. The summed E-state index contributed by atoms with van der Waals surface area (Å²) in [6, 6.07) is 3.86. The Balaban J connectivity index is 2.33. The lowest BCUT2D eigenvalue weighted by Gasteiger charge is -2.16. The zero-order valence-electron chi connectivity index (χ0n) is 7.89. The first-order valence-electron chi connectivity index (χ1n) is 4.39. The summed E-state index contributed by atoms with van der Waals surface area (Å²) in [6.45, 7) is 0.942. The van der Waals surface area contributed by atoms with Gasteiger partial charge in [0.1, 0.15) is 5.82 Å². The summed E-state index contributed by atoms with van der Waals surface area (Å²) in [5.41, 5.74) is 0.879. The molecule has 0 unspecified atom stereocenters. The molecule has 0 bridgehead atoms. The van der Waals surface area contributed by atoms with Crippen molar-refractivity contribution in [3.8, 4) is 0 Å². The average Bonchev–Trinajstić information content (AvgIpc) is 2.64. The van der Waals surface area contributed by atoms with Crippen LogP contribution in [0.3, 0.4) is 0 Å². The summed E-state index contributed by atoms with van der Waals surface area (Å²) < 4.78 is 1.76. The highest BCUT2D eigenvalue weighted by atomic mass is 79.9. The second kappa shape index (κ2) is 3.96. The van der Waals surface area contributed by atoms with Crippen LogP contribution in [-0.4, -0.2) is 33.5 Å². The van der Waals surface area contributed by atoms with Crippen molar-refractivity contribution in [1.29, 1.82) is 0 Å². The second-order valence-corrected chi connectivity index (χ2v) is 3.82. The van der Waals surface area contributed by atoms with E-state index in [9.17, 15) is 0 Å². The molecule has 0 aliphatic rings. The molecule has 0 N–H and O–H groups in total. The van der Waals surface area contributed by atoms with Gasteiger partial charge in [0.05, 0.1) is 6.20 Å². The highest BCUT2D eigenvalue weighted by molar-refractivity contribution is 9.09. The second-order valence-electron chi connectivity index (χ2n) is 3.03. The van der Waals surface area contributed by atoms with Crippen molar-refractivity contribution in [2.24, 2.45) is 0 Å². The van der Waals surface area contributed by atoms with Crippen molar-refractivity contribution < 1.29 is 0 Å². The van der Waals surface area contributed by atoms with E-state index in [4.69, 9.17) is 0 Å². The molecule has 14 heavy (non-hydrogen) atoms. The molecule has 0 saturated heterocycles. The highest BCUT2D eigenvalue weighted by Gasteiger charge is 2.02. The lowest BCUT2D eigenvalue weighted by atomic mass is 10.5. The van der Waals surface area contributed by atoms with Crippen molar-refractivity contribution in [2.75, 3.05) is 23.8 Å². The molecule has 0 atom stereocenters. The van der Waals surface area contributed by atoms with E-state index in [1.54, 1.807) is 10.7 Å². The minimum atomic E-state index is 0.879. The van der Waals surface area contributed by atoms with E-state index < -0.39 is 0 Å². The van der Waals surface area contributed by atoms with Crippen LogP contribution in [0.5, 0.6) is 0 Å². The number of halogens is 1. The van der Waals surface area contributed by atoms with Crippen LogP contribution in [0.1, 0.15) is 0 Å². The number of fused-ring (bicyclic) bond motifs is 1. The molecule has 0 radical (unpaired) electrons. The molecule has 2 aromatic heterocycles. The SMILES string of the molecule is CN(CCBr)c1ccn2nccc2n1. The molecule has 2 rings (SSSR count). The van der Waals surface area contributed by atoms with Gasteiger partial charge >= 0.3 is 0 Å². The lowest BCUT2D eigenvalue weighted by Crippen LogP contribution is -2.20. The molecule has 5 heteroatoms. The molecular weight excluding hydrogens is 244 g/mol. The van der Waals surface area contributed by atoms with Gasteiger partial charge in [-0.05, 0) is 6.07 Å². The zero-order valence-corrected chi connectivity index (χ0v) is 9.48. The number of anilines is 1. The molecule has 74 valence electrons. The highest BCUT2D eigenvalue weighted by Crippen LogP contribution is 2.10. The molecule has 0 amide bonds. The van der Waals surface area contributed by atoms with Crippen LogP contribution in [0.4, 0.5) is 5.82 Å². The van der Waals surface area contributed by atoms with Gasteiger partial charge in [0.25, 0.3) is 0 Å². The Hall–Kier alpha value is -1.10. The first-order chi connectivity index (χ1) is 6.81. The Labute approximate surface area is 90.7 Å². The monoisotopic (exact) mass is 254 g/mol. The van der Waals surface area contributed by atoms with E-state index in [-0.39, 0.29) is 0 Å². The van der Waals surface area contributed by atoms with Gasteiger partial charge in [-0.25, -0.2) is 9.50 Å². The Bertz CT molecular complexity index is 425. The maximum atomic E-state index is 4.46. The molecule has 4 nitrogen and oxygen atoms in total. The number of rotatable bonds is 3. The molecule has 0 saturated carbocycles. The normalized spacial score (nSPS) is 10.7. The minimum absolute atomic E-state index is 0.879. The standard InChI is InChI=1S/C9H11BrN4/c1-13(7-4-10)8-3-6-14-9(12-8)2-5-11-14/h2-3,5-6H,4,7H2,1H3. The van der Waals surface area contributed by atoms with E-state index in [2.05, 4.69) is 30.9 Å². The predicted octanol–water partition coefficient (Wildman–Crippen LogP) is 1.56. The van der Waals surface area contributed by atoms with Crippen LogP contribution < -0.4 is 4.90 Å². The van der Waals surface area contributed by atoms with Gasteiger partial charge in [-0.15, -0.1) is 0 Å². The Morgan fingerprint density at radius 1 is 1.50 bits per heavy atom. The number of aromatic nitrogens is 3. The fourth-order valence-electron chi connectivity index (χ4n) is 1.26. The third kappa shape index (κ3) is 1.72. The predicted molar refractivity (Wildman–Crippen MR) is 60.1 cm³/mol. The van der Waals surface area contributed by atoms with Crippen molar-refractivity contribution in [3.63, 3.8) is 0 Å². The van der Waals surface area contributed by atoms with Gasteiger partial charge in [0.15, 0.2) is 5.65 Å². The van der Waals surface area contributed by atoms with Gasteiger partial charge in [0, 0.05) is 31.2 Å². The van der Waals surface area contributed by atoms with Gasteiger partial charge in [-0.1, -0.05) is 15.9 Å². The van der Waals surface area contributed by atoms with Crippen molar-refractivity contribution >= 4 is 27.4 Å². The molecule has 2 heterocycles. The van der Waals surface area contributed by atoms with Crippen LogP contribution in [0.15, 0.2) is 24.5 Å². The van der Waals surface area contributed by atoms with Crippen LogP contribution >= 0.6 is 15.9 Å². The third-order valence-corrected chi connectivity index (χ3v) is 2.41. The lowest BCUT2D eigenvalue weighted by molar-refractivity contribution is 0.905. The zero-order chi connectivity index (χ0) is 9.97. The van der Waals surface area contributed by atoms with E-state index in [1.165, 1.54) is 0 Å². The van der Waals surface area contributed by atoms with E-state index in [1.807, 2.05) is 25.4 Å². The topological polar surface area (TPSA) is 33.4 Å². The molecule has 2 aromatic rings. The van der Waals surface area contributed by atoms with Crippen molar-refractivity contribution in [1.82, 2.24) is 14.6 Å². The van der Waals surface area contributed by atoms with Gasteiger partial charge in [-0.3, -0.25) is 0 Å². The number of hydrogen-bond acceptors (Lipinski definition) is 3. The minimum Gasteiger partial charge on any atom is -0.359 e. The molecule has 0 aliphatic carbocycles. The quantitative estimate of drug-likeness (QED) is 0.780. The largest absolute Gasteiger partial charge is 0.359 e. The molecule has 0 fully saturated rings. The number of alkyl halides is 1. The maximum absolute atomic E-state index is 4.46. The molecule has 0 aliphatic heterocycles. The summed E-state index contributed by atoms with van der Waals surface area (Å²) in [5, 5.41) is 5.03. The molecule has 0 spiro atoms. The van der Waals surface area contributed by atoms with E-state index in [0.717, 1.165) is 23.3 Å². The number of nitrogens with zero attached hydrogens (tertiary/aromatic N) is 4. The average molecular weight is 255 g/mol.